The first-order chi connectivity index (χ1) is 14.3. The van der Waals surface area contributed by atoms with E-state index in [0.717, 1.165) is 12.0 Å². The van der Waals surface area contributed by atoms with Crippen LogP contribution < -0.4 is 0 Å². The van der Waals surface area contributed by atoms with Gasteiger partial charge in [0.1, 0.15) is 4.90 Å². The Morgan fingerprint density at radius 2 is 1.83 bits per heavy atom. The van der Waals surface area contributed by atoms with Gasteiger partial charge in [0.2, 0.25) is 10.0 Å². The molecule has 8 heteroatoms. The second kappa shape index (κ2) is 9.92. The third-order valence-corrected chi connectivity index (χ3v) is 7.73. The monoisotopic (exact) mass is 450 g/mol. The summed E-state index contributed by atoms with van der Waals surface area (Å²) in [6.45, 7) is 5.67. The minimum atomic E-state index is -3.81. The SMILES string of the molecule is CCC(C)N(Cc1ccccc1)C(=O)c1ccc(Cl)c(S(=O)(=O)N2CCOCC2)c1. The number of carbonyl (C=O) groups excluding carboxylic acids is 1. The third kappa shape index (κ3) is 5.03. The van der Waals surface area contributed by atoms with Crippen molar-refractivity contribution in [3.8, 4) is 0 Å². The van der Waals surface area contributed by atoms with E-state index in [1.165, 1.54) is 16.4 Å². The first-order valence-electron chi connectivity index (χ1n) is 10.1. The van der Waals surface area contributed by atoms with E-state index < -0.39 is 10.0 Å². The lowest BCUT2D eigenvalue weighted by Crippen LogP contribution is -2.41. The summed E-state index contributed by atoms with van der Waals surface area (Å²) in [7, 11) is -3.81. The molecule has 162 valence electrons. The molecule has 2 aromatic carbocycles. The summed E-state index contributed by atoms with van der Waals surface area (Å²) in [5, 5.41) is 0.108. The zero-order valence-electron chi connectivity index (χ0n) is 17.3. The minimum Gasteiger partial charge on any atom is -0.379 e. The van der Waals surface area contributed by atoms with Crippen LogP contribution in [0.3, 0.4) is 0 Å². The molecular weight excluding hydrogens is 424 g/mol. The van der Waals surface area contributed by atoms with Crippen LogP contribution >= 0.6 is 11.6 Å². The highest BCUT2D eigenvalue weighted by atomic mass is 35.5. The van der Waals surface area contributed by atoms with Gasteiger partial charge in [0.05, 0.1) is 18.2 Å². The molecule has 1 fully saturated rings. The topological polar surface area (TPSA) is 66.9 Å². The van der Waals surface area contributed by atoms with Crippen LogP contribution in [0.4, 0.5) is 0 Å². The molecule has 0 bridgehead atoms. The number of carbonyl (C=O) groups is 1. The quantitative estimate of drug-likeness (QED) is 0.643. The molecule has 1 saturated heterocycles. The van der Waals surface area contributed by atoms with Crippen LogP contribution in [-0.2, 0) is 21.3 Å². The van der Waals surface area contributed by atoms with Crippen molar-refractivity contribution >= 4 is 27.5 Å². The number of sulfonamides is 1. The van der Waals surface area contributed by atoms with Crippen molar-refractivity contribution in [3.63, 3.8) is 0 Å². The molecule has 0 aromatic heterocycles. The molecule has 1 amide bonds. The molecule has 2 aromatic rings. The summed E-state index contributed by atoms with van der Waals surface area (Å²) >= 11 is 6.24. The van der Waals surface area contributed by atoms with Gasteiger partial charge in [-0.2, -0.15) is 4.31 Å². The number of ether oxygens (including phenoxy) is 1. The molecule has 0 aliphatic carbocycles. The Hall–Kier alpha value is -1.93. The Kier molecular flexibility index (Phi) is 7.52. The van der Waals surface area contributed by atoms with Gasteiger partial charge in [-0.25, -0.2) is 8.42 Å². The van der Waals surface area contributed by atoms with E-state index in [0.29, 0.717) is 25.3 Å². The number of benzene rings is 2. The second-order valence-corrected chi connectivity index (χ2v) is 9.65. The first-order valence-corrected chi connectivity index (χ1v) is 11.9. The van der Waals surface area contributed by atoms with Crippen molar-refractivity contribution in [1.82, 2.24) is 9.21 Å². The second-order valence-electron chi connectivity index (χ2n) is 7.34. The highest BCUT2D eigenvalue weighted by Crippen LogP contribution is 2.27. The maximum Gasteiger partial charge on any atom is 0.254 e. The Bertz CT molecular complexity index is 976. The van der Waals surface area contributed by atoms with E-state index in [-0.39, 0.29) is 35.0 Å². The summed E-state index contributed by atoms with van der Waals surface area (Å²) in [6, 6.07) is 14.2. The van der Waals surface area contributed by atoms with E-state index in [1.807, 2.05) is 44.2 Å². The molecule has 3 rings (SSSR count). The zero-order chi connectivity index (χ0) is 21.7. The molecule has 1 aliphatic heterocycles. The molecule has 0 N–H and O–H groups in total. The van der Waals surface area contributed by atoms with Gasteiger partial charge in [0.25, 0.3) is 5.91 Å². The van der Waals surface area contributed by atoms with E-state index >= 15 is 0 Å². The normalized spacial score (nSPS) is 16.2. The predicted molar refractivity (Wildman–Crippen MR) is 117 cm³/mol. The maximum absolute atomic E-state index is 13.4. The number of morpholine rings is 1. The van der Waals surface area contributed by atoms with Crippen LogP contribution in [0.5, 0.6) is 0 Å². The number of amides is 1. The number of hydrogen-bond donors (Lipinski definition) is 0. The highest BCUT2D eigenvalue weighted by Gasteiger charge is 2.30. The van der Waals surface area contributed by atoms with E-state index in [1.54, 1.807) is 11.0 Å². The van der Waals surface area contributed by atoms with Crippen LogP contribution in [-0.4, -0.2) is 55.9 Å². The summed E-state index contributed by atoms with van der Waals surface area (Å²) in [5.74, 6) is -0.219. The lowest BCUT2D eigenvalue weighted by molar-refractivity contribution is 0.0671. The largest absolute Gasteiger partial charge is 0.379 e. The summed E-state index contributed by atoms with van der Waals surface area (Å²) in [6.07, 6.45) is 0.783. The predicted octanol–water partition coefficient (Wildman–Crippen LogP) is 3.80. The summed E-state index contributed by atoms with van der Waals surface area (Å²) in [5.41, 5.74) is 1.32. The van der Waals surface area contributed by atoms with Gasteiger partial charge in [0.15, 0.2) is 0 Å². The molecule has 0 spiro atoms. The Morgan fingerprint density at radius 3 is 2.47 bits per heavy atom. The third-order valence-electron chi connectivity index (χ3n) is 5.35. The van der Waals surface area contributed by atoms with Crippen molar-refractivity contribution in [2.24, 2.45) is 0 Å². The van der Waals surface area contributed by atoms with Gasteiger partial charge < -0.3 is 9.64 Å². The summed E-state index contributed by atoms with van der Waals surface area (Å²) in [4.78, 5) is 15.1. The molecule has 0 saturated carbocycles. The Morgan fingerprint density at radius 1 is 1.17 bits per heavy atom. The number of rotatable bonds is 7. The van der Waals surface area contributed by atoms with Crippen molar-refractivity contribution in [2.45, 2.75) is 37.8 Å². The summed E-state index contributed by atoms with van der Waals surface area (Å²) < 4.78 is 32.8. The minimum absolute atomic E-state index is 0.00677. The van der Waals surface area contributed by atoms with Crippen LogP contribution in [0.1, 0.15) is 36.2 Å². The fraction of sp³-hybridized carbons (Fsp3) is 0.409. The fourth-order valence-corrected chi connectivity index (χ4v) is 5.26. The van der Waals surface area contributed by atoms with Crippen molar-refractivity contribution in [2.75, 3.05) is 26.3 Å². The van der Waals surface area contributed by atoms with E-state index in [2.05, 4.69) is 0 Å². The lowest BCUT2D eigenvalue weighted by atomic mass is 10.1. The average molecular weight is 451 g/mol. The first kappa shape index (κ1) is 22.7. The molecule has 1 atom stereocenters. The molecule has 1 heterocycles. The van der Waals surface area contributed by atoms with Gasteiger partial charge in [-0.05, 0) is 37.1 Å². The van der Waals surface area contributed by atoms with Crippen LogP contribution in [0.25, 0.3) is 0 Å². The van der Waals surface area contributed by atoms with Crippen molar-refractivity contribution in [3.05, 3.63) is 64.7 Å². The number of nitrogens with zero attached hydrogens (tertiary/aromatic N) is 2. The number of hydrogen-bond acceptors (Lipinski definition) is 4. The fourth-order valence-electron chi connectivity index (χ4n) is 3.35. The standard InChI is InChI=1S/C22H27ClN2O4S/c1-3-17(2)25(16-18-7-5-4-6-8-18)22(26)19-9-10-20(23)21(15-19)30(27,28)24-11-13-29-14-12-24/h4-10,15,17H,3,11-14,16H2,1-2H3. The van der Waals surface area contributed by atoms with Crippen molar-refractivity contribution in [1.29, 1.82) is 0 Å². The molecule has 1 aliphatic rings. The molecular formula is C22H27ClN2O4S. The van der Waals surface area contributed by atoms with Gasteiger partial charge in [-0.3, -0.25) is 4.79 Å². The Balaban J connectivity index is 1.93. The van der Waals surface area contributed by atoms with Crippen molar-refractivity contribution < 1.29 is 17.9 Å². The zero-order valence-corrected chi connectivity index (χ0v) is 18.8. The molecule has 1 unspecified atom stereocenters. The van der Waals surface area contributed by atoms with Gasteiger partial charge >= 0.3 is 0 Å². The highest BCUT2D eigenvalue weighted by molar-refractivity contribution is 7.89. The molecule has 30 heavy (non-hydrogen) atoms. The lowest BCUT2D eigenvalue weighted by Gasteiger charge is -2.29. The van der Waals surface area contributed by atoms with Crippen LogP contribution in [0.2, 0.25) is 5.02 Å². The Labute approximate surface area is 183 Å². The average Bonchev–Trinajstić information content (AvgIpc) is 2.78. The molecule has 0 radical (unpaired) electrons. The van der Waals surface area contributed by atoms with Gasteiger partial charge in [-0.1, -0.05) is 48.9 Å². The van der Waals surface area contributed by atoms with E-state index in [4.69, 9.17) is 16.3 Å². The number of halogens is 1. The maximum atomic E-state index is 13.4. The smallest absolute Gasteiger partial charge is 0.254 e. The van der Waals surface area contributed by atoms with Crippen LogP contribution in [0.15, 0.2) is 53.4 Å². The van der Waals surface area contributed by atoms with Gasteiger partial charge in [-0.15, -0.1) is 0 Å². The molecule has 6 nitrogen and oxygen atoms in total. The van der Waals surface area contributed by atoms with Gasteiger partial charge in [0, 0.05) is 31.2 Å². The van der Waals surface area contributed by atoms with E-state index in [9.17, 15) is 13.2 Å². The van der Waals surface area contributed by atoms with Crippen LogP contribution in [0, 0.1) is 0 Å².